The third-order valence-corrected chi connectivity index (χ3v) is 2.97. The van der Waals surface area contributed by atoms with E-state index in [0.29, 0.717) is 13.1 Å². The summed E-state index contributed by atoms with van der Waals surface area (Å²) in [5, 5.41) is 9.02. The van der Waals surface area contributed by atoms with Crippen molar-refractivity contribution in [3.05, 3.63) is 42.0 Å². The molecule has 0 radical (unpaired) electrons. The molecular formula is C15H21NO2. The van der Waals surface area contributed by atoms with Crippen molar-refractivity contribution < 1.29 is 9.90 Å². The van der Waals surface area contributed by atoms with Crippen LogP contribution < -0.4 is 4.90 Å². The SMILES string of the molecule is C=CCN(CC(C)C(=O)O)c1cc(C)ccc1C. The average molecular weight is 247 g/mol. The number of hydrogen-bond acceptors (Lipinski definition) is 2. The minimum absolute atomic E-state index is 0.398. The summed E-state index contributed by atoms with van der Waals surface area (Å²) in [4.78, 5) is 13.0. The number of anilines is 1. The molecule has 1 aromatic rings. The van der Waals surface area contributed by atoms with E-state index in [-0.39, 0.29) is 0 Å². The van der Waals surface area contributed by atoms with Gasteiger partial charge in [0.2, 0.25) is 0 Å². The molecule has 0 fully saturated rings. The lowest BCUT2D eigenvalue weighted by Gasteiger charge is -2.27. The Hall–Kier alpha value is -1.77. The van der Waals surface area contributed by atoms with Gasteiger partial charge < -0.3 is 10.0 Å². The first-order chi connectivity index (χ1) is 8.45. The van der Waals surface area contributed by atoms with Crippen LogP contribution in [0.15, 0.2) is 30.9 Å². The third kappa shape index (κ3) is 3.62. The monoisotopic (exact) mass is 247 g/mol. The quantitative estimate of drug-likeness (QED) is 0.785. The molecule has 0 saturated carbocycles. The van der Waals surface area contributed by atoms with Gasteiger partial charge in [0, 0.05) is 18.8 Å². The Balaban J connectivity index is 2.99. The van der Waals surface area contributed by atoms with Gasteiger partial charge in [-0.1, -0.05) is 25.1 Å². The molecule has 1 N–H and O–H groups in total. The second-order valence-corrected chi connectivity index (χ2v) is 4.72. The first-order valence-electron chi connectivity index (χ1n) is 6.11. The molecule has 3 nitrogen and oxygen atoms in total. The molecule has 0 aromatic heterocycles. The van der Waals surface area contributed by atoms with Crippen LogP contribution >= 0.6 is 0 Å². The third-order valence-electron chi connectivity index (χ3n) is 2.97. The molecule has 1 atom stereocenters. The number of aryl methyl sites for hydroxylation is 2. The molecule has 0 amide bonds. The van der Waals surface area contributed by atoms with E-state index in [4.69, 9.17) is 5.11 Å². The van der Waals surface area contributed by atoms with Crippen molar-refractivity contribution in [2.24, 2.45) is 5.92 Å². The average Bonchev–Trinajstić information content (AvgIpc) is 2.31. The highest BCUT2D eigenvalue weighted by atomic mass is 16.4. The fraction of sp³-hybridized carbons (Fsp3) is 0.400. The van der Waals surface area contributed by atoms with E-state index in [2.05, 4.69) is 29.7 Å². The maximum atomic E-state index is 11.0. The number of carboxylic acids is 1. The first-order valence-corrected chi connectivity index (χ1v) is 6.11. The van der Waals surface area contributed by atoms with E-state index >= 15 is 0 Å². The second kappa shape index (κ2) is 6.24. The Morgan fingerprint density at radius 3 is 2.72 bits per heavy atom. The van der Waals surface area contributed by atoms with Gasteiger partial charge in [0.25, 0.3) is 0 Å². The summed E-state index contributed by atoms with van der Waals surface area (Å²) in [6.45, 7) is 10.7. The Morgan fingerprint density at radius 1 is 1.50 bits per heavy atom. The van der Waals surface area contributed by atoms with Gasteiger partial charge in [-0.2, -0.15) is 0 Å². The van der Waals surface area contributed by atoms with Crippen LogP contribution in [-0.2, 0) is 4.79 Å². The molecule has 18 heavy (non-hydrogen) atoms. The molecule has 3 heteroatoms. The van der Waals surface area contributed by atoms with Crippen molar-refractivity contribution in [1.82, 2.24) is 0 Å². The van der Waals surface area contributed by atoms with E-state index in [9.17, 15) is 4.79 Å². The maximum Gasteiger partial charge on any atom is 0.308 e. The maximum absolute atomic E-state index is 11.0. The molecule has 1 rings (SSSR count). The summed E-state index contributed by atoms with van der Waals surface area (Å²) in [6, 6.07) is 6.21. The van der Waals surface area contributed by atoms with Crippen molar-refractivity contribution in [3.63, 3.8) is 0 Å². The van der Waals surface area contributed by atoms with Crippen molar-refractivity contribution in [2.45, 2.75) is 20.8 Å². The van der Waals surface area contributed by atoms with Crippen LogP contribution in [0.25, 0.3) is 0 Å². The molecule has 0 aliphatic carbocycles. The zero-order valence-electron chi connectivity index (χ0n) is 11.3. The van der Waals surface area contributed by atoms with Crippen LogP contribution in [0.1, 0.15) is 18.1 Å². The van der Waals surface area contributed by atoms with Crippen molar-refractivity contribution in [1.29, 1.82) is 0 Å². The Morgan fingerprint density at radius 2 is 2.17 bits per heavy atom. The summed E-state index contributed by atoms with van der Waals surface area (Å²) < 4.78 is 0. The van der Waals surface area contributed by atoms with Crippen molar-refractivity contribution >= 4 is 11.7 Å². The largest absolute Gasteiger partial charge is 0.481 e. The van der Waals surface area contributed by atoms with E-state index in [1.807, 2.05) is 13.8 Å². The van der Waals surface area contributed by atoms with Crippen LogP contribution in [0.2, 0.25) is 0 Å². The van der Waals surface area contributed by atoms with Crippen LogP contribution in [0.5, 0.6) is 0 Å². The minimum atomic E-state index is -0.769. The minimum Gasteiger partial charge on any atom is -0.481 e. The Kier molecular flexibility index (Phi) is 4.95. The Bertz CT molecular complexity index is 440. The van der Waals surface area contributed by atoms with E-state index in [0.717, 1.165) is 11.3 Å². The van der Waals surface area contributed by atoms with Crippen LogP contribution in [0.4, 0.5) is 5.69 Å². The van der Waals surface area contributed by atoms with Crippen LogP contribution in [-0.4, -0.2) is 24.2 Å². The molecule has 0 aliphatic heterocycles. The van der Waals surface area contributed by atoms with Gasteiger partial charge in [-0.05, 0) is 31.0 Å². The number of rotatable bonds is 6. The smallest absolute Gasteiger partial charge is 0.308 e. The molecule has 0 bridgehead atoms. The Labute approximate surface area is 109 Å². The van der Waals surface area contributed by atoms with Gasteiger partial charge in [0.05, 0.1) is 5.92 Å². The summed E-state index contributed by atoms with van der Waals surface area (Å²) in [7, 11) is 0. The number of hydrogen-bond donors (Lipinski definition) is 1. The standard InChI is InChI=1S/C15H21NO2/c1-5-8-16(10-13(4)15(17)18)14-9-11(2)6-7-12(14)3/h5-7,9,13H,1,8,10H2,2-4H3,(H,17,18). The lowest BCUT2D eigenvalue weighted by Crippen LogP contribution is -2.32. The summed E-state index contributed by atoms with van der Waals surface area (Å²) in [6.07, 6.45) is 1.80. The van der Waals surface area contributed by atoms with E-state index in [1.54, 1.807) is 13.0 Å². The van der Waals surface area contributed by atoms with Gasteiger partial charge >= 0.3 is 5.97 Å². The molecule has 98 valence electrons. The van der Waals surface area contributed by atoms with E-state index in [1.165, 1.54) is 5.56 Å². The molecule has 0 aliphatic rings. The van der Waals surface area contributed by atoms with E-state index < -0.39 is 11.9 Å². The predicted molar refractivity (Wildman–Crippen MR) is 75.1 cm³/mol. The summed E-state index contributed by atoms with van der Waals surface area (Å²) in [5.41, 5.74) is 3.41. The number of aliphatic carboxylic acids is 1. The number of nitrogens with zero attached hydrogens (tertiary/aromatic N) is 1. The van der Waals surface area contributed by atoms with Crippen LogP contribution in [0, 0.1) is 19.8 Å². The second-order valence-electron chi connectivity index (χ2n) is 4.72. The van der Waals surface area contributed by atoms with Crippen LogP contribution in [0.3, 0.4) is 0 Å². The lowest BCUT2D eigenvalue weighted by atomic mass is 10.1. The fourth-order valence-electron chi connectivity index (χ4n) is 1.90. The highest BCUT2D eigenvalue weighted by molar-refractivity contribution is 5.70. The normalized spacial score (nSPS) is 11.9. The first kappa shape index (κ1) is 14.3. The molecule has 0 saturated heterocycles. The van der Waals surface area contributed by atoms with Gasteiger partial charge in [-0.15, -0.1) is 6.58 Å². The number of carboxylic acid groups (broad SMARTS) is 1. The zero-order chi connectivity index (χ0) is 13.7. The molecule has 0 heterocycles. The van der Waals surface area contributed by atoms with Gasteiger partial charge in [0.15, 0.2) is 0 Å². The van der Waals surface area contributed by atoms with Gasteiger partial charge in [-0.3, -0.25) is 4.79 Å². The topological polar surface area (TPSA) is 40.5 Å². The number of carbonyl (C=O) groups is 1. The lowest BCUT2D eigenvalue weighted by molar-refractivity contribution is -0.140. The van der Waals surface area contributed by atoms with Crippen molar-refractivity contribution in [2.75, 3.05) is 18.0 Å². The van der Waals surface area contributed by atoms with Gasteiger partial charge in [-0.25, -0.2) is 0 Å². The highest BCUT2D eigenvalue weighted by Gasteiger charge is 2.17. The van der Waals surface area contributed by atoms with Gasteiger partial charge in [0.1, 0.15) is 0 Å². The molecule has 1 unspecified atom stereocenters. The highest BCUT2D eigenvalue weighted by Crippen LogP contribution is 2.22. The fourth-order valence-corrected chi connectivity index (χ4v) is 1.90. The summed E-state index contributed by atoms with van der Waals surface area (Å²) in [5.74, 6) is -1.17. The summed E-state index contributed by atoms with van der Waals surface area (Å²) >= 11 is 0. The zero-order valence-corrected chi connectivity index (χ0v) is 11.3. The van der Waals surface area contributed by atoms with Crippen molar-refractivity contribution in [3.8, 4) is 0 Å². The molecular weight excluding hydrogens is 226 g/mol. The number of benzene rings is 1. The predicted octanol–water partition coefficient (Wildman–Crippen LogP) is 3.02. The molecule has 1 aromatic carbocycles. The molecule has 0 spiro atoms.